The highest BCUT2D eigenvalue weighted by Crippen LogP contribution is 2.11. The van der Waals surface area contributed by atoms with Crippen LogP contribution in [0.2, 0.25) is 0 Å². The van der Waals surface area contributed by atoms with Crippen molar-refractivity contribution in [2.45, 2.75) is 59.9 Å². The van der Waals surface area contributed by atoms with Gasteiger partial charge >= 0.3 is 5.97 Å². The highest BCUT2D eigenvalue weighted by atomic mass is 16.5. The molecule has 120 valence electrons. The number of rotatable bonds is 10. The molecule has 4 heteroatoms. The molecule has 0 radical (unpaired) electrons. The lowest BCUT2D eigenvalue weighted by molar-refractivity contribution is -0.149. The Bertz CT molecular complexity index is 264. The Kier molecular flexibility index (Phi) is 9.06. The summed E-state index contributed by atoms with van der Waals surface area (Å²) in [5.74, 6) is 1.01. The molecule has 0 heterocycles. The Hall–Kier alpha value is -0.610. The molecule has 0 saturated heterocycles. The molecule has 0 amide bonds. The zero-order chi connectivity index (χ0) is 15.8. The summed E-state index contributed by atoms with van der Waals surface area (Å²) in [4.78, 5) is 14.2. The van der Waals surface area contributed by atoms with Gasteiger partial charge in [0.15, 0.2) is 0 Å². The molecule has 0 spiro atoms. The molecule has 4 nitrogen and oxygen atoms in total. The van der Waals surface area contributed by atoms with Crippen LogP contribution >= 0.6 is 0 Å². The van der Waals surface area contributed by atoms with Crippen LogP contribution in [-0.4, -0.2) is 42.6 Å². The van der Waals surface area contributed by atoms with Gasteiger partial charge in [0, 0.05) is 6.54 Å². The normalized spacial score (nSPS) is 14.9. The van der Waals surface area contributed by atoms with Crippen LogP contribution in [-0.2, 0) is 9.53 Å². The molecule has 0 aromatic carbocycles. The molecule has 0 aromatic rings. The summed E-state index contributed by atoms with van der Waals surface area (Å²) in [6, 6.07) is 0. The number of carbonyl (C=O) groups excluding carboxylic acids is 1. The van der Waals surface area contributed by atoms with E-state index < -0.39 is 5.54 Å². The summed E-state index contributed by atoms with van der Waals surface area (Å²) in [6.45, 7) is 15.3. The fourth-order valence-corrected chi connectivity index (χ4v) is 1.98. The van der Waals surface area contributed by atoms with E-state index in [-0.39, 0.29) is 5.97 Å². The van der Waals surface area contributed by atoms with Crippen molar-refractivity contribution in [1.29, 1.82) is 0 Å². The molecule has 0 rings (SSSR count). The monoisotopic (exact) mass is 286 g/mol. The summed E-state index contributed by atoms with van der Waals surface area (Å²) in [7, 11) is 0. The molecule has 0 fully saturated rings. The quantitative estimate of drug-likeness (QED) is 0.627. The van der Waals surface area contributed by atoms with Gasteiger partial charge in [-0.3, -0.25) is 4.79 Å². The first kappa shape index (κ1) is 19.4. The van der Waals surface area contributed by atoms with E-state index in [9.17, 15) is 4.79 Å². The molecule has 1 unspecified atom stereocenters. The summed E-state index contributed by atoms with van der Waals surface area (Å²) in [5, 5.41) is 0. The Labute approximate surface area is 125 Å². The fourth-order valence-electron chi connectivity index (χ4n) is 1.98. The zero-order valence-corrected chi connectivity index (χ0v) is 14.2. The van der Waals surface area contributed by atoms with E-state index >= 15 is 0 Å². The average molecular weight is 286 g/mol. The Morgan fingerprint density at radius 2 is 1.60 bits per heavy atom. The van der Waals surface area contributed by atoms with Crippen LogP contribution in [0.3, 0.4) is 0 Å². The molecule has 1 atom stereocenters. The number of hydrogen-bond donors (Lipinski definition) is 1. The van der Waals surface area contributed by atoms with Gasteiger partial charge < -0.3 is 15.4 Å². The van der Waals surface area contributed by atoms with Crippen molar-refractivity contribution in [2.24, 2.45) is 17.6 Å². The van der Waals surface area contributed by atoms with Crippen LogP contribution in [0.1, 0.15) is 54.4 Å². The molecule has 20 heavy (non-hydrogen) atoms. The van der Waals surface area contributed by atoms with Crippen LogP contribution in [0, 0.1) is 11.8 Å². The van der Waals surface area contributed by atoms with Crippen LogP contribution in [0.15, 0.2) is 0 Å². The number of nitrogens with two attached hydrogens (primary N) is 1. The number of esters is 1. The summed E-state index contributed by atoms with van der Waals surface area (Å²) in [6.07, 6.45) is 2.24. The third kappa shape index (κ3) is 8.54. The molecule has 0 bridgehead atoms. The lowest BCUT2D eigenvalue weighted by atomic mass is 10.0. The first-order valence-corrected chi connectivity index (χ1v) is 7.87. The van der Waals surface area contributed by atoms with Gasteiger partial charge in [0.1, 0.15) is 5.54 Å². The highest BCUT2D eigenvalue weighted by Gasteiger charge is 2.32. The fraction of sp³-hybridized carbons (Fsp3) is 0.938. The van der Waals surface area contributed by atoms with Crippen molar-refractivity contribution >= 4 is 5.97 Å². The maximum atomic E-state index is 11.9. The van der Waals surface area contributed by atoms with Crippen molar-refractivity contribution < 1.29 is 9.53 Å². The molecular weight excluding hydrogens is 252 g/mol. The maximum absolute atomic E-state index is 11.9. The van der Waals surface area contributed by atoms with Crippen LogP contribution in [0.25, 0.3) is 0 Å². The van der Waals surface area contributed by atoms with Gasteiger partial charge in [-0.1, -0.05) is 27.7 Å². The van der Waals surface area contributed by atoms with E-state index in [0.29, 0.717) is 25.0 Å². The van der Waals surface area contributed by atoms with Gasteiger partial charge in [0.05, 0.1) is 6.61 Å². The standard InChI is InChI=1S/C16H34N2O2/c1-7-20-15(19)16(6,17)12-18(10-8-13(2)3)11-9-14(4)5/h13-14H,7-12,17H2,1-6H3. The smallest absolute Gasteiger partial charge is 0.327 e. The molecule has 0 aromatic heterocycles. The van der Waals surface area contributed by atoms with E-state index in [2.05, 4.69) is 32.6 Å². The molecular formula is C16H34N2O2. The second-order valence-corrected chi connectivity index (χ2v) is 6.78. The summed E-state index contributed by atoms with van der Waals surface area (Å²) < 4.78 is 5.07. The van der Waals surface area contributed by atoms with E-state index in [0.717, 1.165) is 25.9 Å². The van der Waals surface area contributed by atoms with Crippen LogP contribution in [0.5, 0.6) is 0 Å². The van der Waals surface area contributed by atoms with Crippen molar-refractivity contribution in [3.8, 4) is 0 Å². The van der Waals surface area contributed by atoms with Crippen LogP contribution < -0.4 is 5.73 Å². The molecule has 0 aliphatic heterocycles. The number of hydrogen-bond acceptors (Lipinski definition) is 4. The van der Waals surface area contributed by atoms with E-state index in [4.69, 9.17) is 10.5 Å². The Morgan fingerprint density at radius 1 is 1.15 bits per heavy atom. The second-order valence-electron chi connectivity index (χ2n) is 6.78. The predicted octanol–water partition coefficient (Wildman–Crippen LogP) is 2.66. The van der Waals surface area contributed by atoms with Crippen LogP contribution in [0.4, 0.5) is 0 Å². The highest BCUT2D eigenvalue weighted by molar-refractivity contribution is 5.80. The minimum atomic E-state index is -0.927. The minimum Gasteiger partial charge on any atom is -0.465 e. The maximum Gasteiger partial charge on any atom is 0.327 e. The van der Waals surface area contributed by atoms with Gasteiger partial charge in [0.25, 0.3) is 0 Å². The van der Waals surface area contributed by atoms with Gasteiger partial charge in [-0.2, -0.15) is 0 Å². The Balaban J connectivity index is 4.54. The molecule has 2 N–H and O–H groups in total. The van der Waals surface area contributed by atoms with E-state index in [1.807, 2.05) is 6.92 Å². The zero-order valence-electron chi connectivity index (χ0n) is 14.2. The number of ether oxygens (including phenoxy) is 1. The number of carbonyl (C=O) groups is 1. The lowest BCUT2D eigenvalue weighted by Gasteiger charge is -2.31. The van der Waals surface area contributed by atoms with Crippen molar-refractivity contribution in [1.82, 2.24) is 4.90 Å². The van der Waals surface area contributed by atoms with Crippen molar-refractivity contribution in [2.75, 3.05) is 26.2 Å². The second kappa shape index (κ2) is 9.35. The average Bonchev–Trinajstić information content (AvgIpc) is 2.32. The lowest BCUT2D eigenvalue weighted by Crippen LogP contribution is -2.55. The van der Waals surface area contributed by atoms with Crippen molar-refractivity contribution in [3.63, 3.8) is 0 Å². The SMILES string of the molecule is CCOC(=O)C(C)(N)CN(CCC(C)C)CCC(C)C. The van der Waals surface area contributed by atoms with E-state index in [1.165, 1.54) is 0 Å². The Morgan fingerprint density at radius 3 is 1.95 bits per heavy atom. The van der Waals surface area contributed by atoms with Gasteiger partial charge in [0.2, 0.25) is 0 Å². The third-order valence-corrected chi connectivity index (χ3v) is 3.34. The first-order chi connectivity index (χ1) is 9.19. The summed E-state index contributed by atoms with van der Waals surface area (Å²) in [5.41, 5.74) is 5.22. The minimum absolute atomic E-state index is 0.306. The van der Waals surface area contributed by atoms with E-state index in [1.54, 1.807) is 6.92 Å². The third-order valence-electron chi connectivity index (χ3n) is 3.34. The molecule has 0 aliphatic carbocycles. The first-order valence-electron chi connectivity index (χ1n) is 7.87. The summed E-state index contributed by atoms with van der Waals surface area (Å²) >= 11 is 0. The van der Waals surface area contributed by atoms with Gasteiger partial charge in [-0.25, -0.2) is 0 Å². The van der Waals surface area contributed by atoms with Gasteiger partial charge in [-0.05, 0) is 51.6 Å². The predicted molar refractivity (Wildman–Crippen MR) is 84.6 cm³/mol. The molecule has 0 saturated carbocycles. The molecule has 0 aliphatic rings. The largest absolute Gasteiger partial charge is 0.465 e. The number of nitrogens with zero attached hydrogens (tertiary/aromatic N) is 1. The topological polar surface area (TPSA) is 55.6 Å². The van der Waals surface area contributed by atoms with Gasteiger partial charge in [-0.15, -0.1) is 0 Å². The van der Waals surface area contributed by atoms with Crippen molar-refractivity contribution in [3.05, 3.63) is 0 Å².